The molecule has 0 atom stereocenters. The molecule has 2 rings (SSSR count). The Kier molecular flexibility index (Phi) is 5.45. The monoisotopic (exact) mass is 301 g/mol. The number of anilines is 1. The van der Waals surface area contributed by atoms with Crippen molar-refractivity contribution in [2.45, 2.75) is 49.4 Å². The molecule has 1 aliphatic rings. The number of nitrogens with zero attached hydrogens (tertiary/aromatic N) is 3. The number of thioether (sulfide) groups is 1. The van der Waals surface area contributed by atoms with Crippen LogP contribution in [0.25, 0.3) is 0 Å². The van der Waals surface area contributed by atoms with Crippen LogP contribution in [0.5, 0.6) is 0 Å². The van der Waals surface area contributed by atoms with Gasteiger partial charge in [0.1, 0.15) is 0 Å². The molecule has 0 aliphatic heterocycles. The Morgan fingerprint density at radius 2 is 2.16 bits per heavy atom. The first kappa shape index (κ1) is 14.6. The second kappa shape index (κ2) is 7.09. The number of carboxylic acid groups (broad SMARTS) is 1. The number of carbonyl (C=O) groups is 1. The highest BCUT2D eigenvalue weighted by molar-refractivity contribution is 8.01. The predicted octanol–water partition coefficient (Wildman–Crippen LogP) is 2.87. The van der Waals surface area contributed by atoms with E-state index in [1.165, 1.54) is 55.2 Å². The van der Waals surface area contributed by atoms with E-state index >= 15 is 0 Å². The molecule has 0 amide bonds. The zero-order chi connectivity index (χ0) is 13.7. The molecule has 0 aromatic carbocycles. The van der Waals surface area contributed by atoms with Crippen molar-refractivity contribution in [3.05, 3.63) is 0 Å². The van der Waals surface area contributed by atoms with Crippen molar-refractivity contribution in [1.29, 1.82) is 0 Å². The Balaban J connectivity index is 1.99. The van der Waals surface area contributed by atoms with E-state index in [1.807, 2.05) is 0 Å². The van der Waals surface area contributed by atoms with Crippen molar-refractivity contribution >= 4 is 34.2 Å². The molecule has 1 N–H and O–H groups in total. The fraction of sp³-hybridized carbons (Fsp3) is 0.750. The Bertz CT molecular complexity index is 419. The summed E-state index contributed by atoms with van der Waals surface area (Å²) in [5, 5.41) is 17.9. The summed E-state index contributed by atoms with van der Waals surface area (Å²) < 4.78 is 0.742. The van der Waals surface area contributed by atoms with Gasteiger partial charge in [0.2, 0.25) is 5.13 Å². The quantitative estimate of drug-likeness (QED) is 0.815. The summed E-state index contributed by atoms with van der Waals surface area (Å²) in [4.78, 5) is 12.9. The highest BCUT2D eigenvalue weighted by Gasteiger charge is 2.23. The van der Waals surface area contributed by atoms with Crippen molar-refractivity contribution < 1.29 is 9.90 Å². The van der Waals surface area contributed by atoms with E-state index in [-0.39, 0.29) is 5.75 Å². The average molecular weight is 301 g/mol. The van der Waals surface area contributed by atoms with Crippen LogP contribution < -0.4 is 4.90 Å². The van der Waals surface area contributed by atoms with Crippen LogP contribution >= 0.6 is 23.1 Å². The Morgan fingerprint density at radius 3 is 2.79 bits per heavy atom. The lowest BCUT2D eigenvalue weighted by Gasteiger charge is -2.32. The number of hydrogen-bond acceptors (Lipinski definition) is 6. The topological polar surface area (TPSA) is 66.3 Å². The van der Waals surface area contributed by atoms with Crippen molar-refractivity contribution in [2.24, 2.45) is 0 Å². The highest BCUT2D eigenvalue weighted by Crippen LogP contribution is 2.32. The predicted molar refractivity (Wildman–Crippen MR) is 78.2 cm³/mol. The molecule has 7 heteroatoms. The first-order valence-electron chi connectivity index (χ1n) is 6.65. The van der Waals surface area contributed by atoms with Crippen molar-refractivity contribution in [2.75, 3.05) is 17.2 Å². The van der Waals surface area contributed by atoms with Gasteiger partial charge in [-0.3, -0.25) is 4.79 Å². The van der Waals surface area contributed by atoms with E-state index in [9.17, 15) is 4.79 Å². The molecular formula is C12H19N3O2S2. The first-order valence-corrected chi connectivity index (χ1v) is 8.45. The van der Waals surface area contributed by atoms with Gasteiger partial charge in [0.15, 0.2) is 4.34 Å². The summed E-state index contributed by atoms with van der Waals surface area (Å²) in [6.45, 7) is 3.07. The van der Waals surface area contributed by atoms with Gasteiger partial charge in [-0.05, 0) is 19.8 Å². The molecule has 0 spiro atoms. The van der Waals surface area contributed by atoms with Crippen LogP contribution in [0.15, 0.2) is 4.34 Å². The van der Waals surface area contributed by atoms with Gasteiger partial charge in [-0.2, -0.15) is 0 Å². The molecule has 0 unspecified atom stereocenters. The molecule has 19 heavy (non-hydrogen) atoms. The lowest BCUT2D eigenvalue weighted by atomic mass is 9.94. The molecule has 0 saturated heterocycles. The van der Waals surface area contributed by atoms with Gasteiger partial charge in [0.05, 0.1) is 5.75 Å². The number of rotatable bonds is 6. The smallest absolute Gasteiger partial charge is 0.313 e. The second-order valence-electron chi connectivity index (χ2n) is 4.61. The van der Waals surface area contributed by atoms with Crippen LogP contribution in [-0.2, 0) is 4.79 Å². The third-order valence-corrected chi connectivity index (χ3v) is 5.40. The van der Waals surface area contributed by atoms with E-state index in [1.54, 1.807) is 0 Å². The van der Waals surface area contributed by atoms with Crippen LogP contribution in [0.1, 0.15) is 39.0 Å². The molecule has 1 fully saturated rings. The maximum atomic E-state index is 10.5. The van der Waals surface area contributed by atoms with Crippen LogP contribution in [0, 0.1) is 0 Å². The maximum absolute atomic E-state index is 10.5. The van der Waals surface area contributed by atoms with Gasteiger partial charge in [-0.15, -0.1) is 10.2 Å². The first-order chi connectivity index (χ1) is 9.20. The summed E-state index contributed by atoms with van der Waals surface area (Å²) in [6, 6.07) is 0.573. The molecule has 5 nitrogen and oxygen atoms in total. The minimum atomic E-state index is -0.818. The van der Waals surface area contributed by atoms with E-state index < -0.39 is 5.97 Å². The van der Waals surface area contributed by atoms with Crippen LogP contribution in [0.2, 0.25) is 0 Å². The van der Waals surface area contributed by atoms with E-state index in [0.717, 1.165) is 16.0 Å². The molecule has 1 saturated carbocycles. The molecule has 1 aromatic rings. The van der Waals surface area contributed by atoms with Gasteiger partial charge in [0.25, 0.3) is 0 Å². The third kappa shape index (κ3) is 4.07. The fourth-order valence-corrected chi connectivity index (χ4v) is 4.14. The molecule has 0 bridgehead atoms. The van der Waals surface area contributed by atoms with E-state index in [0.29, 0.717) is 6.04 Å². The normalized spacial score (nSPS) is 16.5. The molecule has 1 heterocycles. The lowest BCUT2D eigenvalue weighted by molar-refractivity contribution is -0.133. The van der Waals surface area contributed by atoms with Gasteiger partial charge < -0.3 is 10.0 Å². The van der Waals surface area contributed by atoms with Gasteiger partial charge in [-0.25, -0.2) is 0 Å². The van der Waals surface area contributed by atoms with Crippen molar-refractivity contribution in [3.8, 4) is 0 Å². The highest BCUT2D eigenvalue weighted by atomic mass is 32.2. The number of carboxylic acids is 1. The molecule has 1 aromatic heterocycles. The molecule has 0 radical (unpaired) electrons. The summed E-state index contributed by atoms with van der Waals surface area (Å²) in [5.74, 6) is -0.772. The maximum Gasteiger partial charge on any atom is 0.313 e. The lowest BCUT2D eigenvalue weighted by Crippen LogP contribution is -2.36. The summed E-state index contributed by atoms with van der Waals surface area (Å²) in [5.41, 5.74) is 0. The molecular weight excluding hydrogens is 282 g/mol. The number of aliphatic carboxylic acids is 1. The second-order valence-corrected chi connectivity index (χ2v) is 6.79. The van der Waals surface area contributed by atoms with Crippen molar-refractivity contribution in [3.63, 3.8) is 0 Å². The minimum absolute atomic E-state index is 0.0458. The summed E-state index contributed by atoms with van der Waals surface area (Å²) in [7, 11) is 0. The third-order valence-electron chi connectivity index (χ3n) is 3.32. The SMILES string of the molecule is CCN(c1nnc(SCC(=O)O)s1)C1CCCCC1. The Hall–Kier alpha value is -0.820. The average Bonchev–Trinajstić information content (AvgIpc) is 2.87. The molecule has 106 valence electrons. The summed E-state index contributed by atoms with van der Waals surface area (Å²) >= 11 is 2.75. The van der Waals surface area contributed by atoms with Crippen LogP contribution in [0.4, 0.5) is 5.13 Å². The van der Waals surface area contributed by atoms with Crippen molar-refractivity contribution in [1.82, 2.24) is 10.2 Å². The summed E-state index contributed by atoms with van der Waals surface area (Å²) in [6.07, 6.45) is 6.38. The van der Waals surface area contributed by atoms with Crippen LogP contribution in [-0.4, -0.2) is 39.6 Å². The standard InChI is InChI=1S/C12H19N3O2S2/c1-2-15(9-6-4-3-5-7-9)11-13-14-12(19-11)18-8-10(16)17/h9H,2-8H2,1H3,(H,16,17). The number of aromatic nitrogens is 2. The van der Waals surface area contributed by atoms with Crippen LogP contribution in [0.3, 0.4) is 0 Å². The van der Waals surface area contributed by atoms with Gasteiger partial charge in [-0.1, -0.05) is 42.4 Å². The number of hydrogen-bond donors (Lipinski definition) is 1. The van der Waals surface area contributed by atoms with Gasteiger partial charge in [0, 0.05) is 12.6 Å². The fourth-order valence-electron chi connectivity index (χ4n) is 2.44. The Labute approximate surface area is 121 Å². The minimum Gasteiger partial charge on any atom is -0.481 e. The van der Waals surface area contributed by atoms with E-state index in [4.69, 9.17) is 5.11 Å². The van der Waals surface area contributed by atoms with Gasteiger partial charge >= 0.3 is 5.97 Å². The van der Waals surface area contributed by atoms with E-state index in [2.05, 4.69) is 22.0 Å². The zero-order valence-corrected chi connectivity index (χ0v) is 12.7. The molecule has 1 aliphatic carbocycles. The Morgan fingerprint density at radius 1 is 1.42 bits per heavy atom. The zero-order valence-electron chi connectivity index (χ0n) is 11.0. The largest absolute Gasteiger partial charge is 0.481 e.